The first-order chi connectivity index (χ1) is 14.1. The highest BCUT2D eigenvalue weighted by molar-refractivity contribution is 6.19. The van der Waals surface area contributed by atoms with E-state index >= 15 is 0 Å². The highest BCUT2D eigenvalue weighted by Crippen LogP contribution is 2.40. The second kappa shape index (κ2) is 7.16. The van der Waals surface area contributed by atoms with E-state index in [0.717, 1.165) is 35.5 Å². The molecular weight excluding hydrogens is 364 g/mol. The van der Waals surface area contributed by atoms with Crippen molar-refractivity contribution in [2.75, 3.05) is 13.1 Å². The number of piperidine rings is 1. The third kappa shape index (κ3) is 3.25. The zero-order valence-corrected chi connectivity index (χ0v) is 16.6. The molecule has 5 rings (SSSR count). The number of carbonyl (C=O) groups excluding carboxylic acids is 1. The van der Waals surface area contributed by atoms with Crippen LogP contribution in [0.5, 0.6) is 11.5 Å². The standard InChI is InChI=1S/C24H24N2O3/c1-15-5-6-16-13-25-20(18(16)11-15)12-22-23(28)17-7-8-21(27)19(24(17)29-22)14-26-9-3-2-4-10-26/h5-8,11-12,27H,2-4,9-10,13-14H2,1H3/b22-12-. The smallest absolute Gasteiger partial charge is 0.232 e. The number of aryl methyl sites for hydroxylation is 1. The molecule has 0 saturated carbocycles. The number of fused-ring (bicyclic) bond motifs is 2. The number of phenols is 1. The number of ketones is 1. The largest absolute Gasteiger partial charge is 0.507 e. The average Bonchev–Trinajstić information content (AvgIpc) is 3.26. The molecule has 148 valence electrons. The van der Waals surface area contributed by atoms with Crippen molar-refractivity contribution in [2.45, 2.75) is 39.3 Å². The molecule has 5 heteroatoms. The minimum absolute atomic E-state index is 0.149. The number of Topliss-reactive ketones (excluding diaryl/α,β-unsaturated/α-hetero) is 1. The number of allylic oxidation sites excluding steroid dienone is 2. The number of hydrogen-bond acceptors (Lipinski definition) is 5. The number of benzene rings is 2. The summed E-state index contributed by atoms with van der Waals surface area (Å²) in [7, 11) is 0. The Morgan fingerprint density at radius 2 is 1.97 bits per heavy atom. The van der Waals surface area contributed by atoms with E-state index in [0.29, 0.717) is 30.0 Å². The van der Waals surface area contributed by atoms with Crippen molar-refractivity contribution in [3.63, 3.8) is 0 Å². The Balaban J connectivity index is 1.46. The van der Waals surface area contributed by atoms with Gasteiger partial charge in [-0.2, -0.15) is 0 Å². The molecule has 5 nitrogen and oxygen atoms in total. The quantitative estimate of drug-likeness (QED) is 0.803. The van der Waals surface area contributed by atoms with Crippen molar-refractivity contribution in [1.82, 2.24) is 4.90 Å². The second-order valence-corrected chi connectivity index (χ2v) is 8.08. The lowest BCUT2D eigenvalue weighted by Crippen LogP contribution is -2.29. The second-order valence-electron chi connectivity index (χ2n) is 8.08. The summed E-state index contributed by atoms with van der Waals surface area (Å²) in [4.78, 5) is 19.9. The zero-order chi connectivity index (χ0) is 20.0. The van der Waals surface area contributed by atoms with Crippen LogP contribution in [-0.4, -0.2) is 34.6 Å². The van der Waals surface area contributed by atoms with Gasteiger partial charge in [0.1, 0.15) is 11.5 Å². The van der Waals surface area contributed by atoms with Gasteiger partial charge in [-0.3, -0.25) is 14.7 Å². The van der Waals surface area contributed by atoms with Crippen molar-refractivity contribution < 1.29 is 14.6 Å². The number of aromatic hydroxyl groups is 1. The Hall–Kier alpha value is -2.92. The Labute approximate surface area is 170 Å². The molecule has 1 N–H and O–H groups in total. The monoisotopic (exact) mass is 388 g/mol. The van der Waals surface area contributed by atoms with E-state index in [-0.39, 0.29) is 17.3 Å². The van der Waals surface area contributed by atoms with Gasteiger partial charge in [-0.1, -0.05) is 24.1 Å². The van der Waals surface area contributed by atoms with E-state index < -0.39 is 0 Å². The predicted molar refractivity (Wildman–Crippen MR) is 112 cm³/mol. The Morgan fingerprint density at radius 3 is 2.79 bits per heavy atom. The van der Waals surface area contributed by atoms with Gasteiger partial charge in [0.2, 0.25) is 5.78 Å². The van der Waals surface area contributed by atoms with Gasteiger partial charge in [0.15, 0.2) is 5.76 Å². The van der Waals surface area contributed by atoms with E-state index in [1.165, 1.54) is 19.3 Å². The molecule has 0 atom stereocenters. The number of hydrogen-bond donors (Lipinski definition) is 1. The van der Waals surface area contributed by atoms with Crippen LogP contribution in [0.2, 0.25) is 0 Å². The van der Waals surface area contributed by atoms with Gasteiger partial charge >= 0.3 is 0 Å². The van der Waals surface area contributed by atoms with Crippen molar-refractivity contribution in [3.05, 3.63) is 70.0 Å². The van der Waals surface area contributed by atoms with Crippen molar-refractivity contribution in [2.24, 2.45) is 4.99 Å². The van der Waals surface area contributed by atoms with E-state index in [2.05, 4.69) is 28.1 Å². The van der Waals surface area contributed by atoms with Gasteiger partial charge in [0.05, 0.1) is 23.4 Å². The fourth-order valence-corrected chi connectivity index (χ4v) is 4.36. The van der Waals surface area contributed by atoms with Crippen LogP contribution in [0.4, 0.5) is 0 Å². The molecule has 0 amide bonds. The van der Waals surface area contributed by atoms with Crippen LogP contribution in [-0.2, 0) is 13.1 Å². The SMILES string of the molecule is Cc1ccc2c(c1)C(/C=C1\Oc3c(ccc(O)c3CN3CCCCC3)C1=O)=NC2. The van der Waals surface area contributed by atoms with Crippen molar-refractivity contribution in [1.29, 1.82) is 0 Å². The van der Waals surface area contributed by atoms with Gasteiger partial charge in [-0.05, 0) is 56.6 Å². The summed E-state index contributed by atoms with van der Waals surface area (Å²) in [6.45, 7) is 5.28. The molecule has 29 heavy (non-hydrogen) atoms. The molecule has 1 fully saturated rings. The van der Waals surface area contributed by atoms with Gasteiger partial charge in [0, 0.05) is 18.2 Å². The highest BCUT2D eigenvalue weighted by Gasteiger charge is 2.32. The maximum absolute atomic E-state index is 13.0. The molecule has 0 radical (unpaired) electrons. The predicted octanol–water partition coefficient (Wildman–Crippen LogP) is 4.15. The lowest BCUT2D eigenvalue weighted by Gasteiger charge is -2.27. The van der Waals surface area contributed by atoms with Gasteiger partial charge in [0.25, 0.3) is 0 Å². The highest BCUT2D eigenvalue weighted by atomic mass is 16.5. The number of ether oxygens (including phenoxy) is 1. The molecule has 1 saturated heterocycles. The minimum atomic E-state index is -0.149. The topological polar surface area (TPSA) is 62.1 Å². The van der Waals surface area contributed by atoms with E-state index in [9.17, 15) is 9.90 Å². The third-order valence-electron chi connectivity index (χ3n) is 5.98. The molecule has 2 aromatic carbocycles. The summed E-state index contributed by atoms with van der Waals surface area (Å²) in [5, 5.41) is 10.5. The average molecular weight is 388 g/mol. The molecule has 0 unspecified atom stereocenters. The number of rotatable bonds is 3. The fraction of sp³-hybridized carbons (Fsp3) is 0.333. The molecule has 0 aromatic heterocycles. The lowest BCUT2D eigenvalue weighted by atomic mass is 10.0. The van der Waals surface area contributed by atoms with E-state index in [1.54, 1.807) is 18.2 Å². The van der Waals surface area contributed by atoms with E-state index in [4.69, 9.17) is 4.74 Å². The van der Waals surface area contributed by atoms with Crippen molar-refractivity contribution >= 4 is 11.5 Å². The Morgan fingerprint density at radius 1 is 1.14 bits per heavy atom. The number of likely N-dealkylation sites (tertiary alicyclic amines) is 1. The van der Waals surface area contributed by atoms with Crippen LogP contribution < -0.4 is 4.74 Å². The van der Waals surface area contributed by atoms with Crippen LogP contribution in [0.3, 0.4) is 0 Å². The molecule has 0 bridgehead atoms. The molecule has 3 aliphatic heterocycles. The van der Waals surface area contributed by atoms with Gasteiger partial charge < -0.3 is 9.84 Å². The van der Waals surface area contributed by atoms with Gasteiger partial charge in [-0.25, -0.2) is 0 Å². The molecule has 3 heterocycles. The molecule has 2 aromatic rings. The summed E-state index contributed by atoms with van der Waals surface area (Å²) < 4.78 is 6.02. The third-order valence-corrected chi connectivity index (χ3v) is 5.98. The Bertz CT molecular complexity index is 1060. The summed E-state index contributed by atoms with van der Waals surface area (Å²) in [5.74, 6) is 0.805. The number of nitrogens with zero attached hydrogens (tertiary/aromatic N) is 2. The van der Waals surface area contributed by atoms with Crippen molar-refractivity contribution in [3.8, 4) is 11.5 Å². The first kappa shape index (κ1) is 18.1. The minimum Gasteiger partial charge on any atom is -0.507 e. The summed E-state index contributed by atoms with van der Waals surface area (Å²) in [6, 6.07) is 9.52. The molecule has 3 aliphatic rings. The summed E-state index contributed by atoms with van der Waals surface area (Å²) in [6.07, 6.45) is 5.33. The molecular formula is C24H24N2O3. The maximum Gasteiger partial charge on any atom is 0.232 e. The van der Waals surface area contributed by atoms with Crippen LogP contribution >= 0.6 is 0 Å². The zero-order valence-electron chi connectivity index (χ0n) is 16.6. The number of phenolic OH excluding ortho intramolecular Hbond substituents is 1. The number of carbonyl (C=O) groups is 1. The molecule has 0 aliphatic carbocycles. The molecule has 0 spiro atoms. The Kier molecular flexibility index (Phi) is 4.47. The van der Waals surface area contributed by atoms with Crippen LogP contribution in [0.1, 0.15) is 51.9 Å². The van der Waals surface area contributed by atoms with Crippen LogP contribution in [0, 0.1) is 6.92 Å². The first-order valence-corrected chi connectivity index (χ1v) is 10.3. The van der Waals surface area contributed by atoms with E-state index in [1.807, 2.05) is 6.92 Å². The van der Waals surface area contributed by atoms with Crippen LogP contribution in [0.25, 0.3) is 0 Å². The maximum atomic E-state index is 13.0. The fourth-order valence-electron chi connectivity index (χ4n) is 4.36. The number of aliphatic imine (C=N–C) groups is 1. The summed E-state index contributed by atoms with van der Waals surface area (Å²) in [5.41, 5.74) is 5.37. The normalized spacial score (nSPS) is 19.8. The van der Waals surface area contributed by atoms with Crippen LogP contribution in [0.15, 0.2) is 47.2 Å². The summed E-state index contributed by atoms with van der Waals surface area (Å²) >= 11 is 0. The van der Waals surface area contributed by atoms with Gasteiger partial charge in [-0.15, -0.1) is 0 Å². The first-order valence-electron chi connectivity index (χ1n) is 10.3. The lowest BCUT2D eigenvalue weighted by molar-refractivity contribution is 0.101.